The SMILES string of the molecule is CCCCOc1ccc(S(=O)(=O)NCCNc2ccc(Nc3ccc(C)cn3)nn2)cc1. The molecule has 0 aliphatic heterocycles. The highest BCUT2D eigenvalue weighted by Crippen LogP contribution is 2.16. The van der Waals surface area contributed by atoms with E-state index in [1.54, 1.807) is 30.5 Å². The van der Waals surface area contributed by atoms with E-state index in [9.17, 15) is 8.42 Å². The number of aryl methyl sites for hydroxylation is 1. The van der Waals surface area contributed by atoms with Crippen LogP contribution in [0.25, 0.3) is 0 Å². The zero-order valence-electron chi connectivity index (χ0n) is 18.2. The number of hydrogen-bond acceptors (Lipinski definition) is 8. The lowest BCUT2D eigenvalue weighted by Crippen LogP contribution is -2.29. The number of unbranched alkanes of at least 4 members (excludes halogenated alkanes) is 1. The minimum Gasteiger partial charge on any atom is -0.494 e. The van der Waals surface area contributed by atoms with Crippen molar-refractivity contribution in [3.63, 3.8) is 0 Å². The van der Waals surface area contributed by atoms with Crippen LogP contribution in [0.2, 0.25) is 0 Å². The molecule has 3 rings (SSSR count). The molecule has 9 nitrogen and oxygen atoms in total. The number of aromatic nitrogens is 3. The van der Waals surface area contributed by atoms with Crippen LogP contribution in [0.4, 0.5) is 17.5 Å². The number of ether oxygens (including phenoxy) is 1. The zero-order chi connectivity index (χ0) is 22.8. The molecule has 0 saturated heterocycles. The van der Waals surface area contributed by atoms with Crippen LogP contribution in [0.1, 0.15) is 25.3 Å². The molecule has 32 heavy (non-hydrogen) atoms. The lowest BCUT2D eigenvalue weighted by molar-refractivity contribution is 0.309. The van der Waals surface area contributed by atoms with Crippen LogP contribution >= 0.6 is 0 Å². The van der Waals surface area contributed by atoms with Crippen molar-refractivity contribution in [3.05, 3.63) is 60.3 Å². The first-order valence-corrected chi connectivity index (χ1v) is 11.9. The van der Waals surface area contributed by atoms with Gasteiger partial charge in [0.25, 0.3) is 0 Å². The molecule has 0 unspecified atom stereocenters. The Balaban J connectivity index is 1.43. The van der Waals surface area contributed by atoms with Crippen LogP contribution in [0, 0.1) is 6.92 Å². The van der Waals surface area contributed by atoms with Gasteiger partial charge in [0.2, 0.25) is 10.0 Å². The van der Waals surface area contributed by atoms with E-state index in [0.717, 1.165) is 18.4 Å². The Bertz CT molecular complexity index is 1070. The molecule has 0 bridgehead atoms. The van der Waals surface area contributed by atoms with Crippen LogP contribution in [-0.2, 0) is 10.0 Å². The quantitative estimate of drug-likeness (QED) is 0.355. The maximum atomic E-state index is 12.4. The van der Waals surface area contributed by atoms with Gasteiger partial charge in [-0.2, -0.15) is 0 Å². The fourth-order valence-electron chi connectivity index (χ4n) is 2.67. The molecule has 0 spiro atoms. The van der Waals surface area contributed by atoms with Crippen molar-refractivity contribution in [2.45, 2.75) is 31.6 Å². The van der Waals surface area contributed by atoms with Crippen LogP contribution in [0.15, 0.2) is 59.6 Å². The van der Waals surface area contributed by atoms with Gasteiger partial charge >= 0.3 is 0 Å². The molecule has 3 aromatic rings. The van der Waals surface area contributed by atoms with Gasteiger partial charge in [-0.15, -0.1) is 10.2 Å². The summed E-state index contributed by atoms with van der Waals surface area (Å²) in [5.41, 5.74) is 1.07. The second kappa shape index (κ2) is 11.4. The predicted octanol–water partition coefficient (Wildman–Crippen LogP) is 3.49. The Morgan fingerprint density at radius 3 is 2.28 bits per heavy atom. The largest absolute Gasteiger partial charge is 0.494 e. The molecular weight excluding hydrogens is 428 g/mol. The van der Waals surface area contributed by atoms with E-state index in [1.807, 2.05) is 19.1 Å². The molecule has 2 heterocycles. The number of nitrogens with zero attached hydrogens (tertiary/aromatic N) is 3. The Morgan fingerprint density at radius 1 is 0.906 bits per heavy atom. The first-order chi connectivity index (χ1) is 15.5. The van der Waals surface area contributed by atoms with Gasteiger partial charge < -0.3 is 15.4 Å². The third-order valence-electron chi connectivity index (χ3n) is 4.46. The van der Waals surface area contributed by atoms with Gasteiger partial charge in [-0.3, -0.25) is 0 Å². The number of benzene rings is 1. The lowest BCUT2D eigenvalue weighted by atomic mass is 10.3. The highest BCUT2D eigenvalue weighted by atomic mass is 32.2. The van der Waals surface area contributed by atoms with Crippen molar-refractivity contribution in [2.75, 3.05) is 30.3 Å². The number of pyridine rings is 1. The number of sulfonamides is 1. The molecule has 10 heteroatoms. The first-order valence-electron chi connectivity index (χ1n) is 10.5. The van der Waals surface area contributed by atoms with E-state index in [1.165, 1.54) is 12.1 Å². The number of anilines is 3. The van der Waals surface area contributed by atoms with Gasteiger partial charge in [-0.1, -0.05) is 19.4 Å². The summed E-state index contributed by atoms with van der Waals surface area (Å²) in [5, 5.41) is 14.3. The second-order valence-electron chi connectivity index (χ2n) is 7.15. The molecule has 0 fully saturated rings. The van der Waals surface area contributed by atoms with Crippen LogP contribution in [-0.4, -0.2) is 43.3 Å². The van der Waals surface area contributed by atoms with Gasteiger partial charge in [0.05, 0.1) is 11.5 Å². The average Bonchev–Trinajstić information content (AvgIpc) is 2.80. The minimum atomic E-state index is -3.60. The van der Waals surface area contributed by atoms with Crippen LogP contribution in [0.5, 0.6) is 5.75 Å². The summed E-state index contributed by atoms with van der Waals surface area (Å²) in [6.45, 7) is 5.24. The Labute approximate surface area is 188 Å². The molecular formula is C22H28N6O3S. The molecule has 3 N–H and O–H groups in total. The summed E-state index contributed by atoms with van der Waals surface area (Å²) >= 11 is 0. The van der Waals surface area contributed by atoms with Crippen molar-refractivity contribution in [1.82, 2.24) is 19.9 Å². The third-order valence-corrected chi connectivity index (χ3v) is 5.93. The van der Waals surface area contributed by atoms with E-state index in [2.05, 4.69) is 37.5 Å². The van der Waals surface area contributed by atoms with Crippen LogP contribution in [0.3, 0.4) is 0 Å². The van der Waals surface area contributed by atoms with E-state index in [-0.39, 0.29) is 11.4 Å². The van der Waals surface area contributed by atoms with Crippen molar-refractivity contribution in [3.8, 4) is 5.75 Å². The van der Waals surface area contributed by atoms with E-state index in [4.69, 9.17) is 4.74 Å². The van der Waals surface area contributed by atoms with Gasteiger partial charge in [0.15, 0.2) is 5.82 Å². The maximum Gasteiger partial charge on any atom is 0.240 e. The molecule has 0 amide bonds. The second-order valence-corrected chi connectivity index (χ2v) is 8.91. The van der Waals surface area contributed by atoms with Gasteiger partial charge in [0.1, 0.15) is 17.4 Å². The summed E-state index contributed by atoms with van der Waals surface area (Å²) in [7, 11) is -3.60. The monoisotopic (exact) mass is 456 g/mol. The van der Waals surface area contributed by atoms with E-state index in [0.29, 0.717) is 36.4 Å². The fourth-order valence-corrected chi connectivity index (χ4v) is 3.71. The smallest absolute Gasteiger partial charge is 0.240 e. The zero-order valence-corrected chi connectivity index (χ0v) is 19.0. The summed E-state index contributed by atoms with van der Waals surface area (Å²) in [5.74, 6) is 2.45. The molecule has 1 aromatic carbocycles. The predicted molar refractivity (Wildman–Crippen MR) is 125 cm³/mol. The topological polar surface area (TPSA) is 118 Å². The summed E-state index contributed by atoms with van der Waals surface area (Å²) in [6.07, 6.45) is 3.77. The van der Waals surface area contributed by atoms with Crippen molar-refractivity contribution in [2.24, 2.45) is 0 Å². The number of rotatable bonds is 12. The van der Waals surface area contributed by atoms with Gasteiger partial charge in [0, 0.05) is 19.3 Å². The van der Waals surface area contributed by atoms with Gasteiger partial charge in [-0.05, 0) is 61.4 Å². The number of nitrogens with one attached hydrogen (secondary N) is 3. The average molecular weight is 457 g/mol. The summed E-state index contributed by atoms with van der Waals surface area (Å²) < 4.78 is 33.0. The Hall–Kier alpha value is -3.24. The highest BCUT2D eigenvalue weighted by Gasteiger charge is 2.13. The summed E-state index contributed by atoms with van der Waals surface area (Å²) in [6, 6.07) is 13.8. The maximum absolute atomic E-state index is 12.4. The molecule has 0 saturated carbocycles. The minimum absolute atomic E-state index is 0.195. The first kappa shape index (κ1) is 23.4. The fraction of sp³-hybridized carbons (Fsp3) is 0.318. The molecule has 170 valence electrons. The van der Waals surface area contributed by atoms with Crippen molar-refractivity contribution >= 4 is 27.5 Å². The molecule has 0 aliphatic carbocycles. The van der Waals surface area contributed by atoms with Crippen molar-refractivity contribution < 1.29 is 13.2 Å². The molecule has 2 aromatic heterocycles. The number of hydrogen-bond donors (Lipinski definition) is 3. The van der Waals surface area contributed by atoms with E-state index < -0.39 is 10.0 Å². The Kier molecular flexibility index (Phi) is 8.34. The Morgan fingerprint density at radius 2 is 1.62 bits per heavy atom. The molecule has 0 radical (unpaired) electrons. The van der Waals surface area contributed by atoms with Gasteiger partial charge in [-0.25, -0.2) is 18.1 Å². The van der Waals surface area contributed by atoms with Crippen LogP contribution < -0.4 is 20.1 Å². The van der Waals surface area contributed by atoms with E-state index >= 15 is 0 Å². The standard InChI is InChI=1S/C22H28N6O3S/c1-3-4-15-31-18-6-8-19(9-7-18)32(29,30)25-14-13-23-21-11-12-22(28-27-21)26-20-10-5-17(2)16-24-20/h5-12,16,25H,3-4,13-15H2,1-2H3,(H,23,27)(H,24,26,28). The highest BCUT2D eigenvalue weighted by molar-refractivity contribution is 7.89. The molecule has 0 aliphatic rings. The lowest BCUT2D eigenvalue weighted by Gasteiger charge is -2.10. The third kappa shape index (κ3) is 7.17. The normalized spacial score (nSPS) is 11.2. The van der Waals surface area contributed by atoms with Crippen molar-refractivity contribution in [1.29, 1.82) is 0 Å². The molecule has 0 atom stereocenters. The summed E-state index contributed by atoms with van der Waals surface area (Å²) in [4.78, 5) is 4.45.